The average Bonchev–Trinajstić information content (AvgIpc) is 3.61. The molecule has 1 N–H and O–H groups in total. The van der Waals surface area contributed by atoms with E-state index < -0.39 is 24.7 Å². The van der Waals surface area contributed by atoms with E-state index in [1.54, 1.807) is 0 Å². The molecule has 2 aromatic carbocycles. The highest BCUT2D eigenvalue weighted by Crippen LogP contribution is 2.39. The van der Waals surface area contributed by atoms with Crippen LogP contribution in [0.4, 0.5) is 13.2 Å². The van der Waals surface area contributed by atoms with E-state index in [0.717, 1.165) is 76.8 Å². The molecule has 3 fully saturated rings. The van der Waals surface area contributed by atoms with Gasteiger partial charge in [0.05, 0.1) is 5.69 Å². The van der Waals surface area contributed by atoms with Crippen LogP contribution in [0.2, 0.25) is 0 Å². The van der Waals surface area contributed by atoms with E-state index in [2.05, 4.69) is 39.2 Å². The summed E-state index contributed by atoms with van der Waals surface area (Å²) in [5, 5.41) is 14.8. The zero-order chi connectivity index (χ0) is 31.4. The lowest BCUT2D eigenvalue weighted by atomic mass is 9.83. The van der Waals surface area contributed by atoms with Crippen molar-refractivity contribution in [3.8, 4) is 0 Å². The molecule has 3 aliphatic rings. The Labute approximate surface area is 264 Å². The van der Waals surface area contributed by atoms with Crippen LogP contribution in [0.25, 0.3) is 0 Å². The molecule has 9 heteroatoms. The minimum atomic E-state index is -4.34. The molecule has 3 atom stereocenters. The molecule has 3 heterocycles. The summed E-state index contributed by atoms with van der Waals surface area (Å²) < 4.78 is 41.8. The van der Waals surface area contributed by atoms with Gasteiger partial charge in [-0.25, -0.2) is 0 Å². The summed E-state index contributed by atoms with van der Waals surface area (Å²) in [5.41, 5.74) is 3.65. The summed E-state index contributed by atoms with van der Waals surface area (Å²) in [4.78, 5) is 17.3. The Bertz CT molecular complexity index is 1380. The lowest BCUT2D eigenvalue weighted by molar-refractivity contribution is -0.146. The van der Waals surface area contributed by atoms with Crippen LogP contribution < -0.4 is 0 Å². The van der Waals surface area contributed by atoms with Gasteiger partial charge in [0.25, 0.3) is 0 Å². The van der Waals surface area contributed by atoms with Crippen molar-refractivity contribution in [1.82, 2.24) is 19.6 Å². The number of hydrogen-bond acceptors (Lipinski definition) is 4. The van der Waals surface area contributed by atoms with Gasteiger partial charge < -0.3 is 10.0 Å². The van der Waals surface area contributed by atoms with E-state index in [1.807, 2.05) is 42.5 Å². The van der Waals surface area contributed by atoms with Gasteiger partial charge >= 0.3 is 12.1 Å². The van der Waals surface area contributed by atoms with Gasteiger partial charge in [0.1, 0.15) is 12.6 Å². The van der Waals surface area contributed by atoms with Gasteiger partial charge in [-0.3, -0.25) is 14.4 Å². The fourth-order valence-electron chi connectivity index (χ4n) is 8.25. The summed E-state index contributed by atoms with van der Waals surface area (Å²) in [5.74, 6) is 0.0758. The van der Waals surface area contributed by atoms with Crippen LogP contribution in [0.1, 0.15) is 79.3 Å². The standard InChI is InChI=1S/C36H45F3N4O2/c37-36(38,39)25-43-33(21-31(40-43)20-26-10-4-1-5-11-26)28-16-18-41(19-17-28)22-30-23-42(24-32(30)27-12-6-2-7-13-27)34(35(44)45)29-14-8-3-9-15-29/h1-2,4-7,10-13,21,28-30,32,34H,3,8-9,14-20,22-25H2,(H,44,45)/t30-,32?,34+/m0/s1. The molecule has 3 aromatic rings. The molecule has 1 aromatic heterocycles. The van der Waals surface area contributed by atoms with Gasteiger partial charge in [-0.2, -0.15) is 18.3 Å². The Balaban J connectivity index is 1.14. The maximum absolute atomic E-state index is 13.5. The molecular formula is C36H45F3N4O2. The summed E-state index contributed by atoms with van der Waals surface area (Å²) in [6.07, 6.45) is 3.11. The van der Waals surface area contributed by atoms with Crippen molar-refractivity contribution in [2.24, 2.45) is 11.8 Å². The van der Waals surface area contributed by atoms with Gasteiger partial charge in [0, 0.05) is 43.6 Å². The largest absolute Gasteiger partial charge is 0.480 e. The summed E-state index contributed by atoms with van der Waals surface area (Å²) in [7, 11) is 0. The SMILES string of the molecule is O=C(O)[C@@H](C1CCCCC1)N1CC(c2ccccc2)[C@@H](CN2CCC(c3cc(Cc4ccccc4)nn3CC(F)(F)F)CC2)C1. The molecule has 2 saturated heterocycles. The van der Waals surface area contributed by atoms with Gasteiger partial charge in [-0.05, 0) is 67.8 Å². The third kappa shape index (κ3) is 7.98. The van der Waals surface area contributed by atoms with Crippen LogP contribution in [-0.2, 0) is 17.8 Å². The number of aliphatic carboxylic acids is 1. The highest BCUT2D eigenvalue weighted by atomic mass is 19.4. The first-order valence-corrected chi connectivity index (χ1v) is 16.6. The number of rotatable bonds is 10. The second kappa shape index (κ2) is 14.1. The zero-order valence-corrected chi connectivity index (χ0v) is 25.9. The lowest BCUT2D eigenvalue weighted by Crippen LogP contribution is -2.46. The molecule has 2 aliphatic heterocycles. The smallest absolute Gasteiger partial charge is 0.408 e. The van der Waals surface area contributed by atoms with Crippen molar-refractivity contribution < 1.29 is 23.1 Å². The second-order valence-corrected chi connectivity index (χ2v) is 13.5. The first-order valence-electron chi connectivity index (χ1n) is 16.6. The average molecular weight is 623 g/mol. The predicted molar refractivity (Wildman–Crippen MR) is 168 cm³/mol. The predicted octanol–water partition coefficient (Wildman–Crippen LogP) is 6.96. The minimum absolute atomic E-state index is 0.0216. The third-order valence-electron chi connectivity index (χ3n) is 10.4. The number of carboxylic acid groups (broad SMARTS) is 1. The van der Waals surface area contributed by atoms with E-state index in [4.69, 9.17) is 0 Å². The number of piperidine rings is 1. The van der Waals surface area contributed by atoms with E-state index in [-0.39, 0.29) is 17.8 Å². The Morgan fingerprint density at radius 1 is 0.911 bits per heavy atom. The van der Waals surface area contributed by atoms with Crippen molar-refractivity contribution in [1.29, 1.82) is 0 Å². The summed E-state index contributed by atoms with van der Waals surface area (Å²) in [6, 6.07) is 21.7. The highest BCUT2D eigenvalue weighted by Gasteiger charge is 2.43. The molecule has 0 bridgehead atoms. The molecular weight excluding hydrogens is 577 g/mol. The van der Waals surface area contributed by atoms with E-state index in [0.29, 0.717) is 23.7 Å². The number of likely N-dealkylation sites (tertiary alicyclic amines) is 2. The molecule has 1 unspecified atom stereocenters. The third-order valence-corrected chi connectivity index (χ3v) is 10.4. The Morgan fingerprint density at radius 3 is 2.22 bits per heavy atom. The van der Waals surface area contributed by atoms with E-state index >= 15 is 0 Å². The minimum Gasteiger partial charge on any atom is -0.480 e. The van der Waals surface area contributed by atoms with E-state index in [1.165, 1.54) is 16.7 Å². The fourth-order valence-corrected chi connectivity index (χ4v) is 8.25. The second-order valence-electron chi connectivity index (χ2n) is 13.5. The Morgan fingerprint density at radius 2 is 1.58 bits per heavy atom. The topological polar surface area (TPSA) is 61.6 Å². The molecule has 45 heavy (non-hydrogen) atoms. The van der Waals surface area contributed by atoms with Crippen molar-refractivity contribution in [2.75, 3.05) is 32.7 Å². The van der Waals surface area contributed by atoms with Crippen molar-refractivity contribution in [3.05, 3.63) is 89.2 Å². The van der Waals surface area contributed by atoms with Crippen LogP contribution in [0.5, 0.6) is 0 Å². The van der Waals surface area contributed by atoms with Crippen LogP contribution in [-0.4, -0.2) is 75.6 Å². The maximum atomic E-state index is 13.5. The summed E-state index contributed by atoms with van der Waals surface area (Å²) >= 11 is 0. The van der Waals surface area contributed by atoms with Gasteiger partial charge in [0.2, 0.25) is 0 Å². The Hall–Kier alpha value is -3.17. The molecule has 0 spiro atoms. The van der Waals surface area contributed by atoms with Crippen molar-refractivity contribution in [3.63, 3.8) is 0 Å². The number of aromatic nitrogens is 2. The van der Waals surface area contributed by atoms with E-state index in [9.17, 15) is 23.1 Å². The van der Waals surface area contributed by atoms with Gasteiger partial charge in [0.15, 0.2) is 0 Å². The molecule has 1 saturated carbocycles. The first kappa shape index (κ1) is 31.8. The monoisotopic (exact) mass is 622 g/mol. The number of carbonyl (C=O) groups is 1. The number of halogens is 3. The number of hydrogen-bond donors (Lipinski definition) is 1. The van der Waals surface area contributed by atoms with Crippen LogP contribution in [0.3, 0.4) is 0 Å². The molecule has 1 aliphatic carbocycles. The number of carboxylic acids is 1. The normalized spacial score (nSPS) is 23.4. The van der Waals surface area contributed by atoms with Crippen LogP contribution in [0.15, 0.2) is 66.7 Å². The number of alkyl halides is 3. The molecule has 6 nitrogen and oxygen atoms in total. The maximum Gasteiger partial charge on any atom is 0.408 e. The van der Waals surface area contributed by atoms with Gasteiger partial charge in [-0.1, -0.05) is 79.9 Å². The van der Waals surface area contributed by atoms with Crippen LogP contribution in [0, 0.1) is 11.8 Å². The first-order chi connectivity index (χ1) is 21.7. The lowest BCUT2D eigenvalue weighted by Gasteiger charge is -2.35. The van der Waals surface area contributed by atoms with Crippen LogP contribution >= 0.6 is 0 Å². The molecule has 6 rings (SSSR count). The zero-order valence-electron chi connectivity index (χ0n) is 25.9. The quantitative estimate of drug-likeness (QED) is 0.265. The molecule has 242 valence electrons. The van der Waals surface area contributed by atoms with Crippen molar-refractivity contribution >= 4 is 5.97 Å². The fraction of sp³-hybridized carbons (Fsp3) is 0.556. The summed E-state index contributed by atoms with van der Waals surface area (Å²) in [6.45, 7) is 2.91. The molecule has 0 amide bonds. The van der Waals surface area contributed by atoms with Gasteiger partial charge in [-0.15, -0.1) is 0 Å². The number of nitrogens with zero attached hydrogens (tertiary/aromatic N) is 4. The number of benzene rings is 2. The highest BCUT2D eigenvalue weighted by molar-refractivity contribution is 5.74. The Kier molecular flexibility index (Phi) is 9.95. The molecule has 0 radical (unpaired) electrons. The van der Waals surface area contributed by atoms with Crippen molar-refractivity contribution in [2.45, 2.75) is 82.0 Å².